The first-order chi connectivity index (χ1) is 13.9. The molecule has 0 saturated heterocycles. The minimum atomic E-state index is -0.935. The summed E-state index contributed by atoms with van der Waals surface area (Å²) in [6.07, 6.45) is 0.929. The minimum Gasteiger partial charge on any atom is -0.478 e. The van der Waals surface area contributed by atoms with Gasteiger partial charge in [-0.05, 0) is 53.3 Å². The molecule has 0 radical (unpaired) electrons. The van der Waals surface area contributed by atoms with Crippen LogP contribution in [0.4, 0.5) is 0 Å². The Balaban J connectivity index is 0.000000138. The molecule has 0 spiro atoms. The van der Waals surface area contributed by atoms with Gasteiger partial charge in [0.2, 0.25) is 0 Å². The molecule has 5 rings (SSSR count). The third-order valence-corrected chi connectivity index (χ3v) is 6.73. The fourth-order valence-corrected chi connectivity index (χ4v) is 5.11. The highest BCUT2D eigenvalue weighted by molar-refractivity contribution is 7.21. The van der Waals surface area contributed by atoms with E-state index < -0.39 is 5.97 Å². The van der Waals surface area contributed by atoms with Crippen molar-refractivity contribution in [1.82, 2.24) is 0 Å². The van der Waals surface area contributed by atoms with E-state index in [4.69, 9.17) is 5.11 Å². The Morgan fingerprint density at radius 1 is 1.07 bits per heavy atom. The standard InChI is InChI=1S/C12H10OS.C8H6S.C4H6O2/c1-7-6-9-8-4-2-3-5-10(8)14-12(9)11(7)13;1-2-4-8-7(3-1)5-6-9-8;1-3(2)4(5)6/h2-5,7H,6H2,1H3;1-6H;1H2,2H3,(H,5,6). The summed E-state index contributed by atoms with van der Waals surface area (Å²) in [6.45, 7) is 6.62. The van der Waals surface area contributed by atoms with Crippen LogP contribution >= 0.6 is 22.7 Å². The number of thiophene rings is 2. The first kappa shape index (κ1) is 21.0. The maximum Gasteiger partial charge on any atom is 0.330 e. The van der Waals surface area contributed by atoms with Crippen LogP contribution in [-0.4, -0.2) is 16.9 Å². The van der Waals surface area contributed by atoms with Gasteiger partial charge in [0, 0.05) is 20.9 Å². The topological polar surface area (TPSA) is 54.4 Å². The SMILES string of the molecule is C=C(C)C(=O)O.CC1Cc2c(sc3ccccc23)C1=O.c1ccc2sccc2c1. The summed E-state index contributed by atoms with van der Waals surface area (Å²) in [5, 5.41) is 12.6. The number of hydrogen-bond donors (Lipinski definition) is 1. The van der Waals surface area contributed by atoms with Gasteiger partial charge in [-0.1, -0.05) is 49.9 Å². The number of hydrogen-bond acceptors (Lipinski definition) is 4. The lowest BCUT2D eigenvalue weighted by Crippen LogP contribution is -2.02. The van der Waals surface area contributed by atoms with Crippen LogP contribution in [-0.2, 0) is 11.2 Å². The largest absolute Gasteiger partial charge is 0.478 e. The Morgan fingerprint density at radius 3 is 2.34 bits per heavy atom. The number of ketones is 1. The number of carbonyl (C=O) groups is 2. The van der Waals surface area contributed by atoms with Crippen LogP contribution in [0.1, 0.15) is 29.1 Å². The monoisotopic (exact) mass is 422 g/mol. The van der Waals surface area contributed by atoms with Crippen LogP contribution in [0.5, 0.6) is 0 Å². The van der Waals surface area contributed by atoms with Crippen molar-refractivity contribution in [2.24, 2.45) is 5.92 Å². The van der Waals surface area contributed by atoms with E-state index in [1.54, 1.807) is 22.7 Å². The molecule has 0 saturated carbocycles. The minimum absolute atomic E-state index is 0.176. The first-order valence-corrected chi connectivity index (χ1v) is 10.9. The second-order valence-corrected chi connectivity index (χ2v) is 8.92. The molecule has 0 bridgehead atoms. The van der Waals surface area contributed by atoms with E-state index in [0.717, 1.165) is 11.3 Å². The first-order valence-electron chi connectivity index (χ1n) is 9.24. The molecule has 2 aromatic heterocycles. The molecule has 0 amide bonds. The second kappa shape index (κ2) is 9.16. The molecule has 1 atom stereocenters. The molecule has 0 aliphatic heterocycles. The summed E-state index contributed by atoms with van der Waals surface area (Å²) < 4.78 is 2.62. The molecule has 4 aromatic rings. The zero-order chi connectivity index (χ0) is 21.0. The maximum atomic E-state index is 11.8. The predicted molar refractivity (Wildman–Crippen MR) is 123 cm³/mol. The van der Waals surface area contributed by atoms with E-state index in [0.29, 0.717) is 5.78 Å². The van der Waals surface area contributed by atoms with Gasteiger partial charge in [-0.15, -0.1) is 22.7 Å². The van der Waals surface area contributed by atoms with E-state index >= 15 is 0 Å². The molecule has 148 valence electrons. The molecule has 0 fully saturated rings. The Kier molecular flexibility index (Phi) is 6.62. The van der Waals surface area contributed by atoms with Crippen LogP contribution in [0.2, 0.25) is 0 Å². The average Bonchev–Trinajstić information content (AvgIpc) is 3.39. The Labute approximate surface area is 177 Å². The molecule has 1 aliphatic rings. The highest BCUT2D eigenvalue weighted by atomic mass is 32.1. The highest BCUT2D eigenvalue weighted by Crippen LogP contribution is 2.39. The van der Waals surface area contributed by atoms with Crippen molar-refractivity contribution in [2.75, 3.05) is 0 Å². The van der Waals surface area contributed by atoms with Gasteiger partial charge < -0.3 is 5.11 Å². The van der Waals surface area contributed by atoms with E-state index in [1.165, 1.54) is 32.7 Å². The zero-order valence-corrected chi connectivity index (χ0v) is 18.0. The number of carboxylic acids is 1. The van der Waals surface area contributed by atoms with Gasteiger partial charge >= 0.3 is 5.97 Å². The van der Waals surface area contributed by atoms with Crippen LogP contribution in [0, 0.1) is 5.92 Å². The van der Waals surface area contributed by atoms with Crippen LogP contribution in [0.25, 0.3) is 20.2 Å². The third kappa shape index (κ3) is 4.81. The predicted octanol–water partition coefficient (Wildman–Crippen LogP) is 6.82. The molecular weight excluding hydrogens is 400 g/mol. The zero-order valence-electron chi connectivity index (χ0n) is 16.3. The Bertz CT molecular complexity index is 1140. The smallest absolute Gasteiger partial charge is 0.330 e. The lowest BCUT2D eigenvalue weighted by molar-refractivity contribution is -0.132. The number of carbonyl (C=O) groups excluding carboxylic acids is 1. The van der Waals surface area contributed by atoms with E-state index in [2.05, 4.69) is 54.4 Å². The van der Waals surface area contributed by atoms with Gasteiger partial charge in [0.05, 0.1) is 4.88 Å². The number of aliphatic carboxylic acids is 1. The number of Topliss-reactive ketones (excluding diaryl/α,β-unsaturated/α-hetero) is 1. The molecule has 1 aliphatic carbocycles. The van der Waals surface area contributed by atoms with Gasteiger partial charge in [-0.25, -0.2) is 4.79 Å². The molecule has 29 heavy (non-hydrogen) atoms. The quantitative estimate of drug-likeness (QED) is 0.342. The van der Waals surface area contributed by atoms with Crippen molar-refractivity contribution < 1.29 is 14.7 Å². The molecule has 1 unspecified atom stereocenters. The van der Waals surface area contributed by atoms with Crippen molar-refractivity contribution >= 4 is 54.6 Å². The fraction of sp³-hybridized carbons (Fsp3) is 0.167. The van der Waals surface area contributed by atoms with E-state index in [-0.39, 0.29) is 11.5 Å². The lowest BCUT2D eigenvalue weighted by Gasteiger charge is -1.97. The van der Waals surface area contributed by atoms with E-state index in [1.807, 2.05) is 19.1 Å². The number of benzene rings is 2. The molecule has 1 N–H and O–H groups in total. The van der Waals surface area contributed by atoms with Gasteiger partial charge in [-0.3, -0.25) is 4.79 Å². The van der Waals surface area contributed by atoms with Crippen molar-refractivity contribution in [2.45, 2.75) is 20.3 Å². The Morgan fingerprint density at radius 2 is 1.69 bits per heavy atom. The van der Waals surface area contributed by atoms with Gasteiger partial charge in [0.15, 0.2) is 5.78 Å². The van der Waals surface area contributed by atoms with Crippen LogP contribution < -0.4 is 0 Å². The molecular formula is C24H22O3S2. The summed E-state index contributed by atoms with van der Waals surface area (Å²) in [6, 6.07) is 18.8. The second-order valence-electron chi connectivity index (χ2n) is 6.92. The fourth-order valence-electron chi connectivity index (χ4n) is 3.03. The Hall–Kier alpha value is -2.76. The van der Waals surface area contributed by atoms with Crippen molar-refractivity contribution in [3.8, 4) is 0 Å². The number of fused-ring (bicyclic) bond motifs is 4. The van der Waals surface area contributed by atoms with Crippen molar-refractivity contribution in [3.05, 3.63) is 82.6 Å². The molecule has 5 heteroatoms. The number of rotatable bonds is 1. The van der Waals surface area contributed by atoms with Gasteiger partial charge in [0.25, 0.3) is 0 Å². The molecule has 2 heterocycles. The van der Waals surface area contributed by atoms with Gasteiger partial charge in [0.1, 0.15) is 0 Å². The summed E-state index contributed by atoms with van der Waals surface area (Å²) in [5.74, 6) is -0.406. The average molecular weight is 423 g/mol. The number of carboxylic acid groups (broad SMARTS) is 1. The molecule has 3 nitrogen and oxygen atoms in total. The summed E-state index contributed by atoms with van der Waals surface area (Å²) >= 11 is 3.44. The van der Waals surface area contributed by atoms with Crippen molar-refractivity contribution in [3.63, 3.8) is 0 Å². The molecule has 2 aromatic carbocycles. The maximum absolute atomic E-state index is 11.8. The lowest BCUT2D eigenvalue weighted by atomic mass is 10.1. The van der Waals surface area contributed by atoms with Crippen LogP contribution in [0.15, 0.2) is 72.1 Å². The van der Waals surface area contributed by atoms with E-state index in [9.17, 15) is 9.59 Å². The summed E-state index contributed by atoms with van der Waals surface area (Å²) in [4.78, 5) is 22.4. The van der Waals surface area contributed by atoms with Crippen molar-refractivity contribution in [1.29, 1.82) is 0 Å². The summed E-state index contributed by atoms with van der Waals surface area (Å²) in [5.41, 5.74) is 1.46. The van der Waals surface area contributed by atoms with Crippen LogP contribution in [0.3, 0.4) is 0 Å². The summed E-state index contributed by atoms with van der Waals surface area (Å²) in [7, 11) is 0. The third-order valence-electron chi connectivity index (χ3n) is 4.61. The highest BCUT2D eigenvalue weighted by Gasteiger charge is 2.30. The normalized spacial score (nSPS) is 14.6. The van der Waals surface area contributed by atoms with Gasteiger partial charge in [-0.2, -0.15) is 0 Å².